The molecule has 1 amide bonds. The molecular formula is C13H10N2O3. The van der Waals surface area contributed by atoms with E-state index in [1.807, 2.05) is 6.07 Å². The van der Waals surface area contributed by atoms with Gasteiger partial charge in [-0.1, -0.05) is 0 Å². The van der Waals surface area contributed by atoms with Crippen molar-refractivity contribution in [3.8, 4) is 11.8 Å². The number of carbonyl (C=O) groups excluding carboxylic acids is 1. The lowest BCUT2D eigenvalue weighted by Gasteiger charge is -2.05. The molecule has 0 atom stereocenters. The Morgan fingerprint density at radius 1 is 1.33 bits per heavy atom. The lowest BCUT2D eigenvalue weighted by molar-refractivity contribution is 0.102. The summed E-state index contributed by atoms with van der Waals surface area (Å²) < 4.78 is 9.92. The van der Waals surface area contributed by atoms with Gasteiger partial charge < -0.3 is 14.5 Å². The maximum atomic E-state index is 11.7. The topological polar surface area (TPSA) is 75.3 Å². The lowest BCUT2D eigenvalue weighted by Crippen LogP contribution is -2.10. The first-order valence-corrected chi connectivity index (χ1v) is 5.23. The average molecular weight is 242 g/mol. The Balaban J connectivity index is 1.98. The highest BCUT2D eigenvalue weighted by molar-refractivity contribution is 6.03. The summed E-state index contributed by atoms with van der Waals surface area (Å²) in [7, 11) is 0. The number of nitrogens with zero attached hydrogens (tertiary/aromatic N) is 1. The molecule has 1 aromatic heterocycles. The number of hydrogen-bond acceptors (Lipinski definition) is 4. The minimum Gasteiger partial charge on any atom is -0.479 e. The van der Waals surface area contributed by atoms with Crippen molar-refractivity contribution in [3.63, 3.8) is 0 Å². The standard InChI is InChI=1S/C13H10N2O3/c14-6-8-18-12-3-1-11(2-4-12)15-13(16)10-5-7-17-9-10/h1-5,7,9H,8H2,(H,15,16). The van der Waals surface area contributed by atoms with Gasteiger partial charge in [-0.25, -0.2) is 0 Å². The second kappa shape index (κ2) is 5.55. The normalized spacial score (nSPS) is 9.50. The van der Waals surface area contributed by atoms with E-state index in [0.717, 1.165) is 0 Å². The molecule has 0 spiro atoms. The molecule has 0 bridgehead atoms. The fourth-order valence-electron chi connectivity index (χ4n) is 1.35. The summed E-state index contributed by atoms with van der Waals surface area (Å²) in [6.07, 6.45) is 2.81. The monoisotopic (exact) mass is 242 g/mol. The van der Waals surface area contributed by atoms with Crippen LogP contribution in [0.3, 0.4) is 0 Å². The van der Waals surface area contributed by atoms with Gasteiger partial charge in [-0.3, -0.25) is 4.79 Å². The summed E-state index contributed by atoms with van der Waals surface area (Å²) >= 11 is 0. The van der Waals surface area contributed by atoms with E-state index in [9.17, 15) is 4.79 Å². The van der Waals surface area contributed by atoms with E-state index < -0.39 is 0 Å². The molecule has 1 N–H and O–H groups in total. The van der Waals surface area contributed by atoms with Crippen molar-refractivity contribution >= 4 is 11.6 Å². The maximum absolute atomic E-state index is 11.7. The Kier molecular flexibility index (Phi) is 3.62. The number of hydrogen-bond donors (Lipinski definition) is 1. The number of anilines is 1. The Morgan fingerprint density at radius 3 is 2.72 bits per heavy atom. The molecule has 1 heterocycles. The van der Waals surface area contributed by atoms with Gasteiger partial charge in [0.15, 0.2) is 6.61 Å². The van der Waals surface area contributed by atoms with Gasteiger partial charge in [-0.2, -0.15) is 5.26 Å². The average Bonchev–Trinajstić information content (AvgIpc) is 2.92. The smallest absolute Gasteiger partial charge is 0.258 e. The number of benzene rings is 1. The molecule has 2 rings (SSSR count). The molecule has 0 saturated heterocycles. The Hall–Kier alpha value is -2.74. The highest BCUT2D eigenvalue weighted by Gasteiger charge is 2.06. The van der Waals surface area contributed by atoms with Crippen LogP contribution in [0.25, 0.3) is 0 Å². The molecule has 0 aliphatic carbocycles. The molecule has 5 nitrogen and oxygen atoms in total. The number of carbonyl (C=O) groups is 1. The first-order chi connectivity index (χ1) is 8.79. The van der Waals surface area contributed by atoms with Crippen molar-refractivity contribution in [1.29, 1.82) is 5.26 Å². The van der Waals surface area contributed by atoms with Crippen LogP contribution >= 0.6 is 0 Å². The third-order valence-electron chi connectivity index (χ3n) is 2.20. The molecule has 0 aliphatic rings. The molecule has 2 aromatic rings. The zero-order valence-corrected chi connectivity index (χ0v) is 9.42. The van der Waals surface area contributed by atoms with E-state index in [4.69, 9.17) is 14.4 Å². The molecule has 5 heteroatoms. The third kappa shape index (κ3) is 2.89. The summed E-state index contributed by atoms with van der Waals surface area (Å²) in [4.78, 5) is 11.7. The van der Waals surface area contributed by atoms with Crippen molar-refractivity contribution in [2.45, 2.75) is 0 Å². The SMILES string of the molecule is N#CCOc1ccc(NC(=O)c2ccoc2)cc1. The van der Waals surface area contributed by atoms with E-state index in [1.165, 1.54) is 12.5 Å². The van der Waals surface area contributed by atoms with Gasteiger partial charge in [-0.05, 0) is 30.3 Å². The van der Waals surface area contributed by atoms with Gasteiger partial charge in [0.25, 0.3) is 5.91 Å². The summed E-state index contributed by atoms with van der Waals surface area (Å²) in [6, 6.07) is 10.2. The van der Waals surface area contributed by atoms with Crippen LogP contribution in [-0.2, 0) is 0 Å². The molecule has 0 fully saturated rings. The molecular weight excluding hydrogens is 232 g/mol. The second-order valence-corrected chi connectivity index (χ2v) is 3.44. The number of ether oxygens (including phenoxy) is 1. The van der Waals surface area contributed by atoms with Gasteiger partial charge in [0.05, 0.1) is 11.8 Å². The quantitative estimate of drug-likeness (QED) is 0.893. The third-order valence-corrected chi connectivity index (χ3v) is 2.20. The molecule has 1 aromatic carbocycles. The van der Waals surface area contributed by atoms with Crippen LogP contribution in [0.4, 0.5) is 5.69 Å². The van der Waals surface area contributed by atoms with Crippen molar-refractivity contribution in [3.05, 3.63) is 48.4 Å². The predicted molar refractivity (Wildman–Crippen MR) is 64.2 cm³/mol. The van der Waals surface area contributed by atoms with Crippen LogP contribution < -0.4 is 10.1 Å². The number of furan rings is 1. The summed E-state index contributed by atoms with van der Waals surface area (Å²) in [6.45, 7) is 0.000720. The van der Waals surface area contributed by atoms with Gasteiger partial charge >= 0.3 is 0 Å². The summed E-state index contributed by atoms with van der Waals surface area (Å²) in [5.74, 6) is 0.340. The number of nitriles is 1. The molecule has 0 unspecified atom stereocenters. The zero-order chi connectivity index (χ0) is 12.8. The minimum atomic E-state index is -0.241. The Labute approximate surface area is 104 Å². The van der Waals surface area contributed by atoms with Crippen LogP contribution in [-0.4, -0.2) is 12.5 Å². The fraction of sp³-hybridized carbons (Fsp3) is 0.0769. The van der Waals surface area contributed by atoms with Crippen LogP contribution in [0.1, 0.15) is 10.4 Å². The van der Waals surface area contributed by atoms with Crippen molar-refractivity contribution in [2.24, 2.45) is 0 Å². The van der Waals surface area contributed by atoms with E-state index >= 15 is 0 Å². The number of amides is 1. The molecule has 0 saturated carbocycles. The minimum absolute atomic E-state index is 0.000720. The van der Waals surface area contributed by atoms with Gasteiger partial charge in [0.1, 0.15) is 18.1 Å². The first-order valence-electron chi connectivity index (χ1n) is 5.23. The highest BCUT2D eigenvalue weighted by Crippen LogP contribution is 2.16. The van der Waals surface area contributed by atoms with E-state index in [-0.39, 0.29) is 12.5 Å². The molecule has 0 aliphatic heterocycles. The Bertz CT molecular complexity index is 553. The number of rotatable bonds is 4. The van der Waals surface area contributed by atoms with Gasteiger partial charge in [-0.15, -0.1) is 0 Å². The van der Waals surface area contributed by atoms with E-state index in [1.54, 1.807) is 30.3 Å². The largest absolute Gasteiger partial charge is 0.479 e. The molecule has 90 valence electrons. The highest BCUT2D eigenvalue weighted by atomic mass is 16.5. The molecule has 18 heavy (non-hydrogen) atoms. The zero-order valence-electron chi connectivity index (χ0n) is 9.42. The fourth-order valence-corrected chi connectivity index (χ4v) is 1.35. The second-order valence-electron chi connectivity index (χ2n) is 3.44. The lowest BCUT2D eigenvalue weighted by atomic mass is 10.2. The van der Waals surface area contributed by atoms with Crippen LogP contribution in [0, 0.1) is 11.3 Å². The predicted octanol–water partition coefficient (Wildman–Crippen LogP) is 2.43. The van der Waals surface area contributed by atoms with Crippen molar-refractivity contribution < 1.29 is 13.9 Å². The summed E-state index contributed by atoms with van der Waals surface area (Å²) in [5.41, 5.74) is 1.10. The van der Waals surface area contributed by atoms with E-state index in [0.29, 0.717) is 17.0 Å². The van der Waals surface area contributed by atoms with Crippen LogP contribution in [0.5, 0.6) is 5.75 Å². The number of nitrogens with one attached hydrogen (secondary N) is 1. The van der Waals surface area contributed by atoms with Gasteiger partial charge in [0.2, 0.25) is 0 Å². The van der Waals surface area contributed by atoms with E-state index in [2.05, 4.69) is 5.32 Å². The molecule has 0 radical (unpaired) electrons. The van der Waals surface area contributed by atoms with Crippen molar-refractivity contribution in [2.75, 3.05) is 11.9 Å². The van der Waals surface area contributed by atoms with Crippen LogP contribution in [0.2, 0.25) is 0 Å². The maximum Gasteiger partial charge on any atom is 0.258 e. The first kappa shape index (κ1) is 11.7. The van der Waals surface area contributed by atoms with Gasteiger partial charge in [0, 0.05) is 5.69 Å². The van der Waals surface area contributed by atoms with Crippen molar-refractivity contribution in [1.82, 2.24) is 0 Å². The Morgan fingerprint density at radius 2 is 2.11 bits per heavy atom. The van der Waals surface area contributed by atoms with Crippen LogP contribution in [0.15, 0.2) is 47.3 Å². The summed E-state index contributed by atoms with van der Waals surface area (Å²) in [5, 5.41) is 11.1.